The van der Waals surface area contributed by atoms with Crippen LogP contribution in [0.25, 0.3) is 0 Å². The van der Waals surface area contributed by atoms with Gasteiger partial charge in [0.15, 0.2) is 0 Å². The molecule has 112 valence electrons. The maximum Gasteiger partial charge on any atom is 0.0753 e. The summed E-state index contributed by atoms with van der Waals surface area (Å²) < 4.78 is 5.69. The van der Waals surface area contributed by atoms with E-state index in [1.807, 2.05) is 18.2 Å². The van der Waals surface area contributed by atoms with Gasteiger partial charge in [0.05, 0.1) is 6.10 Å². The topological polar surface area (TPSA) is 35.2 Å². The summed E-state index contributed by atoms with van der Waals surface area (Å²) in [6, 6.07) is 5.50. The van der Waals surface area contributed by atoms with Crippen molar-refractivity contribution >= 4 is 23.2 Å². The van der Waals surface area contributed by atoms with Crippen LogP contribution in [0.2, 0.25) is 10.0 Å². The predicted molar refractivity (Wildman–Crippen MR) is 85.5 cm³/mol. The van der Waals surface area contributed by atoms with Crippen molar-refractivity contribution in [2.24, 2.45) is 11.7 Å². The molecule has 1 aliphatic rings. The average molecular weight is 316 g/mol. The Morgan fingerprint density at radius 3 is 2.35 bits per heavy atom. The van der Waals surface area contributed by atoms with Crippen LogP contribution in [0.15, 0.2) is 18.2 Å². The van der Waals surface area contributed by atoms with Crippen molar-refractivity contribution in [3.63, 3.8) is 0 Å². The van der Waals surface area contributed by atoms with Crippen molar-refractivity contribution in [3.05, 3.63) is 33.8 Å². The van der Waals surface area contributed by atoms with E-state index in [4.69, 9.17) is 33.7 Å². The highest BCUT2D eigenvalue weighted by Crippen LogP contribution is 2.31. The predicted octanol–water partition coefficient (Wildman–Crippen LogP) is 4.46. The maximum atomic E-state index is 6.39. The van der Waals surface area contributed by atoms with Gasteiger partial charge in [0.2, 0.25) is 0 Å². The standard InChI is InChI=1S/C16H23Cl2NO/c1-20-16(11-6-3-2-4-7-11)15(19)10-12-13(17)8-5-9-14(12)18/h5,8-9,11,15-16H,2-4,6-7,10,19H2,1H3. The lowest BCUT2D eigenvalue weighted by molar-refractivity contribution is 0.0179. The number of benzene rings is 1. The van der Waals surface area contributed by atoms with Crippen molar-refractivity contribution in [1.29, 1.82) is 0 Å². The second-order valence-corrected chi connectivity index (χ2v) is 6.48. The molecule has 1 saturated carbocycles. The summed E-state index contributed by atoms with van der Waals surface area (Å²) in [6.07, 6.45) is 7.06. The summed E-state index contributed by atoms with van der Waals surface area (Å²) in [5.74, 6) is 0.560. The van der Waals surface area contributed by atoms with Crippen LogP contribution < -0.4 is 5.73 Å². The van der Waals surface area contributed by atoms with Crippen LogP contribution >= 0.6 is 23.2 Å². The van der Waals surface area contributed by atoms with Gasteiger partial charge in [-0.3, -0.25) is 0 Å². The van der Waals surface area contributed by atoms with Crippen molar-refractivity contribution < 1.29 is 4.74 Å². The van der Waals surface area contributed by atoms with E-state index in [0.29, 0.717) is 22.4 Å². The molecule has 0 bridgehead atoms. The zero-order valence-corrected chi connectivity index (χ0v) is 13.5. The fourth-order valence-electron chi connectivity index (χ4n) is 3.26. The lowest BCUT2D eigenvalue weighted by atomic mass is 9.81. The van der Waals surface area contributed by atoms with Gasteiger partial charge < -0.3 is 10.5 Å². The monoisotopic (exact) mass is 315 g/mol. The maximum absolute atomic E-state index is 6.39. The molecule has 0 aromatic heterocycles. The first-order valence-corrected chi connectivity index (χ1v) is 8.10. The van der Waals surface area contributed by atoms with Crippen molar-refractivity contribution in [2.45, 2.75) is 50.7 Å². The molecule has 2 atom stereocenters. The molecule has 2 nitrogen and oxygen atoms in total. The Labute approximate surface area is 131 Å². The molecule has 20 heavy (non-hydrogen) atoms. The zero-order valence-electron chi connectivity index (χ0n) is 11.9. The van der Waals surface area contributed by atoms with Gasteiger partial charge in [-0.05, 0) is 42.9 Å². The van der Waals surface area contributed by atoms with E-state index in [9.17, 15) is 0 Å². The van der Waals surface area contributed by atoms with Gasteiger partial charge in [0, 0.05) is 23.2 Å². The van der Waals surface area contributed by atoms with Crippen molar-refractivity contribution in [1.82, 2.24) is 0 Å². The van der Waals surface area contributed by atoms with Crippen LogP contribution in [0.1, 0.15) is 37.7 Å². The normalized spacial score (nSPS) is 19.8. The number of halogens is 2. The first-order chi connectivity index (χ1) is 9.63. The molecule has 2 rings (SSSR count). The molecule has 0 amide bonds. The van der Waals surface area contributed by atoms with Crippen LogP contribution in [0, 0.1) is 5.92 Å². The van der Waals surface area contributed by atoms with Crippen LogP contribution in [0.3, 0.4) is 0 Å². The van der Waals surface area contributed by atoms with E-state index >= 15 is 0 Å². The molecule has 0 radical (unpaired) electrons. The largest absolute Gasteiger partial charge is 0.380 e. The minimum atomic E-state index is -0.0690. The molecule has 0 saturated heterocycles. The fraction of sp³-hybridized carbons (Fsp3) is 0.625. The zero-order chi connectivity index (χ0) is 14.5. The average Bonchev–Trinajstić information content (AvgIpc) is 2.45. The number of hydrogen-bond donors (Lipinski definition) is 1. The Morgan fingerprint density at radius 2 is 1.80 bits per heavy atom. The van der Waals surface area contributed by atoms with Crippen molar-refractivity contribution in [3.8, 4) is 0 Å². The van der Waals surface area contributed by atoms with Gasteiger partial charge in [-0.1, -0.05) is 48.5 Å². The lowest BCUT2D eigenvalue weighted by Gasteiger charge is -2.33. The number of ether oxygens (including phenoxy) is 1. The van der Waals surface area contributed by atoms with E-state index in [1.54, 1.807) is 7.11 Å². The highest BCUT2D eigenvalue weighted by atomic mass is 35.5. The first-order valence-electron chi connectivity index (χ1n) is 7.34. The molecule has 0 heterocycles. The molecule has 2 unspecified atom stereocenters. The van der Waals surface area contributed by atoms with Gasteiger partial charge in [-0.15, -0.1) is 0 Å². The van der Waals surface area contributed by atoms with Gasteiger partial charge in [-0.2, -0.15) is 0 Å². The number of methoxy groups -OCH3 is 1. The summed E-state index contributed by atoms with van der Waals surface area (Å²) in [7, 11) is 1.76. The van der Waals surface area contributed by atoms with Crippen LogP contribution in [0.4, 0.5) is 0 Å². The van der Waals surface area contributed by atoms with Gasteiger partial charge in [0.1, 0.15) is 0 Å². The molecular weight excluding hydrogens is 293 g/mol. The minimum absolute atomic E-state index is 0.0690. The molecule has 4 heteroatoms. The Bertz CT molecular complexity index is 412. The quantitative estimate of drug-likeness (QED) is 0.870. The highest BCUT2D eigenvalue weighted by Gasteiger charge is 2.29. The lowest BCUT2D eigenvalue weighted by Crippen LogP contribution is -2.43. The second-order valence-electron chi connectivity index (χ2n) is 5.67. The third-order valence-electron chi connectivity index (χ3n) is 4.31. The molecule has 0 aliphatic heterocycles. The molecule has 1 aromatic carbocycles. The van der Waals surface area contributed by atoms with E-state index < -0.39 is 0 Å². The molecule has 2 N–H and O–H groups in total. The Balaban J connectivity index is 2.06. The Morgan fingerprint density at radius 1 is 1.20 bits per heavy atom. The number of hydrogen-bond acceptors (Lipinski definition) is 2. The van der Waals surface area contributed by atoms with E-state index in [1.165, 1.54) is 32.1 Å². The van der Waals surface area contributed by atoms with Crippen LogP contribution in [-0.2, 0) is 11.2 Å². The summed E-state index contributed by atoms with van der Waals surface area (Å²) in [4.78, 5) is 0. The van der Waals surface area contributed by atoms with Gasteiger partial charge in [-0.25, -0.2) is 0 Å². The highest BCUT2D eigenvalue weighted by molar-refractivity contribution is 6.36. The van der Waals surface area contributed by atoms with Crippen molar-refractivity contribution in [2.75, 3.05) is 7.11 Å². The van der Waals surface area contributed by atoms with E-state index in [2.05, 4.69) is 0 Å². The fourth-order valence-corrected chi connectivity index (χ4v) is 3.81. The molecule has 1 aromatic rings. The number of rotatable bonds is 5. The number of nitrogens with two attached hydrogens (primary N) is 1. The summed E-state index contributed by atoms with van der Waals surface area (Å²) in [6.45, 7) is 0. The summed E-state index contributed by atoms with van der Waals surface area (Å²) in [5.41, 5.74) is 7.32. The molecular formula is C16H23Cl2NO. The van der Waals surface area contributed by atoms with E-state index in [0.717, 1.165) is 5.56 Å². The molecule has 0 spiro atoms. The first kappa shape index (κ1) is 16.1. The van der Waals surface area contributed by atoms with Crippen LogP contribution in [0.5, 0.6) is 0 Å². The SMILES string of the molecule is COC(C(N)Cc1c(Cl)cccc1Cl)C1CCCCC1. The van der Waals surface area contributed by atoms with E-state index in [-0.39, 0.29) is 12.1 Å². The second kappa shape index (κ2) is 7.65. The summed E-state index contributed by atoms with van der Waals surface area (Å²) >= 11 is 12.5. The Kier molecular flexibility index (Phi) is 6.16. The smallest absolute Gasteiger partial charge is 0.0753 e. The Hall–Kier alpha value is -0.280. The summed E-state index contributed by atoms with van der Waals surface area (Å²) in [5, 5.41) is 1.37. The molecule has 1 aliphatic carbocycles. The van der Waals surface area contributed by atoms with Gasteiger partial charge >= 0.3 is 0 Å². The third-order valence-corrected chi connectivity index (χ3v) is 5.02. The van der Waals surface area contributed by atoms with Crippen LogP contribution in [-0.4, -0.2) is 19.3 Å². The van der Waals surface area contributed by atoms with Gasteiger partial charge in [0.25, 0.3) is 0 Å². The third kappa shape index (κ3) is 3.88. The minimum Gasteiger partial charge on any atom is -0.380 e. The molecule has 1 fully saturated rings.